The van der Waals surface area contributed by atoms with Crippen molar-refractivity contribution in [1.29, 1.82) is 0 Å². The maximum Gasteiger partial charge on any atom is 0.0472 e. The molecule has 1 aliphatic rings. The van der Waals surface area contributed by atoms with Crippen LogP contribution >= 0.6 is 11.6 Å². The van der Waals surface area contributed by atoms with E-state index in [9.17, 15) is 0 Å². The quantitative estimate of drug-likeness (QED) is 0.848. The molecule has 0 radical (unpaired) electrons. The highest BCUT2D eigenvalue weighted by Gasteiger charge is 2.34. The van der Waals surface area contributed by atoms with Crippen molar-refractivity contribution in [1.82, 2.24) is 10.3 Å². The van der Waals surface area contributed by atoms with E-state index in [4.69, 9.17) is 11.6 Å². The topological polar surface area (TPSA) is 27.8 Å². The minimum absolute atomic E-state index is 0.734. The zero-order valence-electron chi connectivity index (χ0n) is 9.96. The molecule has 1 heterocycles. The SMILES string of the molecule is CCC1CC1NCc1c[nH]c2cc(Cl)ccc12. The number of H-pyrrole nitrogens is 1. The lowest BCUT2D eigenvalue weighted by Crippen LogP contribution is -2.17. The van der Waals surface area contributed by atoms with Gasteiger partial charge in [-0.25, -0.2) is 0 Å². The molecule has 3 rings (SSSR count). The molecule has 0 amide bonds. The van der Waals surface area contributed by atoms with Gasteiger partial charge in [-0.3, -0.25) is 0 Å². The van der Waals surface area contributed by atoms with Gasteiger partial charge < -0.3 is 10.3 Å². The zero-order valence-corrected chi connectivity index (χ0v) is 10.7. The smallest absolute Gasteiger partial charge is 0.0472 e. The highest BCUT2D eigenvalue weighted by Crippen LogP contribution is 2.33. The summed E-state index contributed by atoms with van der Waals surface area (Å²) in [5.74, 6) is 0.898. The first-order chi connectivity index (χ1) is 8.28. The molecule has 0 bridgehead atoms. The first-order valence-electron chi connectivity index (χ1n) is 6.27. The van der Waals surface area contributed by atoms with E-state index in [1.54, 1.807) is 0 Å². The van der Waals surface area contributed by atoms with Crippen LogP contribution in [0.5, 0.6) is 0 Å². The Hall–Kier alpha value is -0.990. The predicted octanol–water partition coefficient (Wildman–Crippen LogP) is 3.71. The third-order valence-electron chi connectivity index (χ3n) is 3.73. The van der Waals surface area contributed by atoms with Crippen molar-refractivity contribution in [2.24, 2.45) is 5.92 Å². The maximum atomic E-state index is 5.97. The van der Waals surface area contributed by atoms with Crippen molar-refractivity contribution < 1.29 is 0 Å². The zero-order chi connectivity index (χ0) is 11.8. The highest BCUT2D eigenvalue weighted by molar-refractivity contribution is 6.31. The molecule has 0 saturated heterocycles. The van der Waals surface area contributed by atoms with E-state index in [2.05, 4.69) is 29.5 Å². The van der Waals surface area contributed by atoms with Crippen molar-refractivity contribution in [2.45, 2.75) is 32.4 Å². The third kappa shape index (κ3) is 2.20. The van der Waals surface area contributed by atoms with E-state index in [1.807, 2.05) is 12.1 Å². The molecule has 3 heteroatoms. The normalized spacial score (nSPS) is 23.2. The second kappa shape index (κ2) is 4.35. The van der Waals surface area contributed by atoms with Crippen LogP contribution < -0.4 is 5.32 Å². The molecule has 17 heavy (non-hydrogen) atoms. The Morgan fingerprint density at radius 2 is 2.35 bits per heavy atom. The number of rotatable bonds is 4. The number of fused-ring (bicyclic) bond motifs is 1. The van der Waals surface area contributed by atoms with E-state index < -0.39 is 0 Å². The van der Waals surface area contributed by atoms with E-state index in [0.717, 1.165) is 29.0 Å². The van der Waals surface area contributed by atoms with Crippen LogP contribution in [0.4, 0.5) is 0 Å². The van der Waals surface area contributed by atoms with Crippen LogP contribution in [0.15, 0.2) is 24.4 Å². The van der Waals surface area contributed by atoms with Crippen LogP contribution in [0.2, 0.25) is 5.02 Å². The Morgan fingerprint density at radius 3 is 3.12 bits per heavy atom. The fraction of sp³-hybridized carbons (Fsp3) is 0.429. The third-order valence-corrected chi connectivity index (χ3v) is 3.97. The average Bonchev–Trinajstić information content (AvgIpc) is 2.99. The van der Waals surface area contributed by atoms with E-state index >= 15 is 0 Å². The van der Waals surface area contributed by atoms with Gasteiger partial charge in [0.2, 0.25) is 0 Å². The Morgan fingerprint density at radius 1 is 1.47 bits per heavy atom. The van der Waals surface area contributed by atoms with Crippen LogP contribution in [0.25, 0.3) is 10.9 Å². The van der Waals surface area contributed by atoms with E-state index in [0.29, 0.717) is 0 Å². The molecule has 0 aliphatic heterocycles. The summed E-state index contributed by atoms with van der Waals surface area (Å²) in [6.45, 7) is 3.21. The fourth-order valence-corrected chi connectivity index (χ4v) is 2.67. The van der Waals surface area contributed by atoms with Crippen LogP contribution in [0, 0.1) is 5.92 Å². The molecule has 1 saturated carbocycles. The number of nitrogens with one attached hydrogen (secondary N) is 2. The van der Waals surface area contributed by atoms with Crippen molar-refractivity contribution in [3.05, 3.63) is 35.0 Å². The van der Waals surface area contributed by atoms with Gasteiger partial charge in [-0.05, 0) is 30.0 Å². The Kier molecular flexibility index (Phi) is 2.85. The summed E-state index contributed by atoms with van der Waals surface area (Å²) in [5, 5.41) is 5.67. The number of hydrogen-bond donors (Lipinski definition) is 2. The van der Waals surface area contributed by atoms with Gasteiger partial charge in [0.05, 0.1) is 0 Å². The standard InChI is InChI=1S/C14H17ClN2/c1-2-9-5-13(9)16-7-10-8-17-14-6-11(15)3-4-12(10)14/h3-4,6,8-9,13,16-17H,2,5,7H2,1H3. The monoisotopic (exact) mass is 248 g/mol. The summed E-state index contributed by atoms with van der Waals surface area (Å²) < 4.78 is 0. The molecule has 2 unspecified atom stereocenters. The number of aromatic amines is 1. The van der Waals surface area contributed by atoms with Crippen LogP contribution in [0.3, 0.4) is 0 Å². The molecule has 2 N–H and O–H groups in total. The van der Waals surface area contributed by atoms with Gasteiger partial charge in [0.25, 0.3) is 0 Å². The number of aromatic nitrogens is 1. The minimum Gasteiger partial charge on any atom is -0.361 e. The Labute approximate surface area is 106 Å². The molecular weight excluding hydrogens is 232 g/mol. The summed E-state index contributed by atoms with van der Waals surface area (Å²) in [7, 11) is 0. The van der Waals surface area contributed by atoms with Gasteiger partial charge in [-0.2, -0.15) is 0 Å². The molecule has 1 fully saturated rings. The van der Waals surface area contributed by atoms with Gasteiger partial charge in [0.15, 0.2) is 0 Å². The van der Waals surface area contributed by atoms with Gasteiger partial charge in [0.1, 0.15) is 0 Å². The van der Waals surface area contributed by atoms with Crippen LogP contribution in [-0.4, -0.2) is 11.0 Å². The largest absolute Gasteiger partial charge is 0.361 e. The number of halogens is 1. The summed E-state index contributed by atoms with van der Waals surface area (Å²) in [5.41, 5.74) is 2.45. The first-order valence-corrected chi connectivity index (χ1v) is 6.64. The minimum atomic E-state index is 0.734. The average molecular weight is 249 g/mol. The maximum absolute atomic E-state index is 5.97. The summed E-state index contributed by atoms with van der Waals surface area (Å²) in [6.07, 6.45) is 4.71. The lowest BCUT2D eigenvalue weighted by atomic mass is 10.2. The lowest BCUT2D eigenvalue weighted by molar-refractivity contribution is 0.625. The molecule has 2 nitrogen and oxygen atoms in total. The summed E-state index contributed by atoms with van der Waals surface area (Å²) in [6, 6.07) is 6.76. The molecule has 0 spiro atoms. The highest BCUT2D eigenvalue weighted by atomic mass is 35.5. The number of benzene rings is 1. The number of hydrogen-bond acceptors (Lipinski definition) is 1. The second-order valence-electron chi connectivity index (χ2n) is 4.90. The molecular formula is C14H17ClN2. The van der Waals surface area contributed by atoms with Crippen molar-refractivity contribution in [3.8, 4) is 0 Å². The van der Waals surface area contributed by atoms with Gasteiger partial charge in [0, 0.05) is 34.7 Å². The lowest BCUT2D eigenvalue weighted by Gasteiger charge is -2.02. The Bertz CT molecular complexity index is 532. The summed E-state index contributed by atoms with van der Waals surface area (Å²) >= 11 is 5.97. The molecule has 2 atom stereocenters. The predicted molar refractivity (Wildman–Crippen MR) is 72.3 cm³/mol. The van der Waals surface area contributed by atoms with Gasteiger partial charge in [-0.15, -0.1) is 0 Å². The van der Waals surface area contributed by atoms with Crippen molar-refractivity contribution >= 4 is 22.5 Å². The van der Waals surface area contributed by atoms with E-state index in [1.165, 1.54) is 23.8 Å². The van der Waals surface area contributed by atoms with Crippen molar-refractivity contribution in [2.75, 3.05) is 0 Å². The molecule has 1 aliphatic carbocycles. The van der Waals surface area contributed by atoms with Crippen LogP contribution in [-0.2, 0) is 6.54 Å². The second-order valence-corrected chi connectivity index (χ2v) is 5.33. The first kappa shape index (κ1) is 11.1. The molecule has 1 aromatic carbocycles. The Balaban J connectivity index is 1.73. The van der Waals surface area contributed by atoms with Crippen molar-refractivity contribution in [3.63, 3.8) is 0 Å². The summed E-state index contributed by atoms with van der Waals surface area (Å²) in [4.78, 5) is 3.27. The molecule has 2 aromatic rings. The fourth-order valence-electron chi connectivity index (χ4n) is 2.49. The van der Waals surface area contributed by atoms with E-state index in [-0.39, 0.29) is 0 Å². The van der Waals surface area contributed by atoms with Gasteiger partial charge >= 0.3 is 0 Å². The molecule has 1 aromatic heterocycles. The van der Waals surface area contributed by atoms with Gasteiger partial charge in [-0.1, -0.05) is 31.0 Å². The molecule has 90 valence electrons. The van der Waals surface area contributed by atoms with Crippen LogP contribution in [0.1, 0.15) is 25.3 Å².